The number of methoxy groups -OCH3 is 1. The second-order valence-electron chi connectivity index (χ2n) is 3.12. The summed E-state index contributed by atoms with van der Waals surface area (Å²) in [6, 6.07) is 0. The highest BCUT2D eigenvalue weighted by Gasteiger charge is 2.13. The van der Waals surface area contributed by atoms with Crippen LogP contribution in [0.5, 0.6) is 0 Å². The molecule has 0 aliphatic heterocycles. The third-order valence-electron chi connectivity index (χ3n) is 1.85. The molecule has 0 amide bonds. The van der Waals surface area contributed by atoms with Gasteiger partial charge in [0.1, 0.15) is 5.01 Å². The Labute approximate surface area is 103 Å². The molecule has 0 saturated heterocycles. The molecule has 0 saturated carbocycles. The number of aliphatic carboxylic acids is 1. The second-order valence-corrected chi connectivity index (χ2v) is 5.56. The van der Waals surface area contributed by atoms with Gasteiger partial charge in [0, 0.05) is 17.7 Å². The number of rotatable bonds is 7. The summed E-state index contributed by atoms with van der Waals surface area (Å²) in [5.74, 6) is 1.06. The van der Waals surface area contributed by atoms with Crippen LogP contribution in [0.15, 0.2) is 0 Å². The molecule has 6 heteroatoms. The van der Waals surface area contributed by atoms with Crippen molar-refractivity contribution in [2.24, 2.45) is 0 Å². The lowest BCUT2D eigenvalue weighted by atomic mass is 10.3. The molecule has 0 aliphatic carbocycles. The van der Waals surface area contributed by atoms with Crippen LogP contribution >= 0.6 is 23.1 Å². The lowest BCUT2D eigenvalue weighted by molar-refractivity contribution is -0.136. The standard InChI is InChI=1S/C10H15NO3S2/c1-3-15-6-9-11-7(5-14-2)8(16-9)4-10(12)13/h3-6H2,1-2H3,(H,12,13). The van der Waals surface area contributed by atoms with E-state index in [-0.39, 0.29) is 6.42 Å². The van der Waals surface area contributed by atoms with E-state index in [1.165, 1.54) is 11.3 Å². The summed E-state index contributed by atoms with van der Waals surface area (Å²) in [4.78, 5) is 15.9. The van der Waals surface area contributed by atoms with Gasteiger partial charge in [0.2, 0.25) is 0 Å². The smallest absolute Gasteiger partial charge is 0.308 e. The monoisotopic (exact) mass is 261 g/mol. The van der Waals surface area contributed by atoms with Crippen molar-refractivity contribution >= 4 is 29.1 Å². The van der Waals surface area contributed by atoms with Gasteiger partial charge in [-0.1, -0.05) is 6.92 Å². The highest BCUT2D eigenvalue weighted by molar-refractivity contribution is 7.98. The zero-order chi connectivity index (χ0) is 12.0. The number of carbonyl (C=O) groups is 1. The number of ether oxygens (including phenoxy) is 1. The Morgan fingerprint density at radius 3 is 2.94 bits per heavy atom. The Morgan fingerprint density at radius 2 is 2.38 bits per heavy atom. The molecular formula is C10H15NO3S2. The molecule has 4 nitrogen and oxygen atoms in total. The Kier molecular flexibility index (Phi) is 5.79. The Bertz CT molecular complexity index is 352. The SMILES string of the molecule is CCSCc1nc(COC)c(CC(=O)O)s1. The van der Waals surface area contributed by atoms with E-state index in [1.54, 1.807) is 18.9 Å². The van der Waals surface area contributed by atoms with Crippen LogP contribution < -0.4 is 0 Å². The molecule has 0 aromatic carbocycles. The van der Waals surface area contributed by atoms with Crippen LogP contribution in [0.25, 0.3) is 0 Å². The van der Waals surface area contributed by atoms with Crippen molar-refractivity contribution in [2.75, 3.05) is 12.9 Å². The van der Waals surface area contributed by atoms with Crippen LogP contribution in [0.2, 0.25) is 0 Å². The van der Waals surface area contributed by atoms with Crippen molar-refractivity contribution in [1.82, 2.24) is 4.98 Å². The number of hydrogen-bond acceptors (Lipinski definition) is 5. The minimum atomic E-state index is -0.823. The predicted octanol–water partition coefficient (Wildman–Crippen LogP) is 2.17. The molecule has 1 heterocycles. The van der Waals surface area contributed by atoms with Crippen LogP contribution in [0.3, 0.4) is 0 Å². The number of nitrogens with zero attached hydrogens (tertiary/aromatic N) is 1. The third-order valence-corrected chi connectivity index (χ3v) is 4.01. The molecule has 90 valence electrons. The van der Waals surface area contributed by atoms with Gasteiger partial charge in [-0.05, 0) is 5.75 Å². The van der Waals surface area contributed by atoms with Crippen molar-refractivity contribution in [3.8, 4) is 0 Å². The number of hydrogen-bond donors (Lipinski definition) is 1. The maximum Gasteiger partial charge on any atom is 0.308 e. The molecular weight excluding hydrogens is 246 g/mol. The average Bonchev–Trinajstić information content (AvgIpc) is 2.58. The highest BCUT2D eigenvalue weighted by Crippen LogP contribution is 2.23. The fourth-order valence-corrected chi connectivity index (χ4v) is 3.00. The van der Waals surface area contributed by atoms with Gasteiger partial charge in [-0.25, -0.2) is 4.98 Å². The lowest BCUT2D eigenvalue weighted by Gasteiger charge is -1.96. The summed E-state index contributed by atoms with van der Waals surface area (Å²) >= 11 is 3.25. The first-order valence-electron chi connectivity index (χ1n) is 4.93. The third kappa shape index (κ3) is 4.11. The van der Waals surface area contributed by atoms with Crippen LogP contribution in [-0.2, 0) is 28.3 Å². The van der Waals surface area contributed by atoms with Gasteiger partial charge in [-0.3, -0.25) is 4.79 Å². The van der Waals surface area contributed by atoms with E-state index in [0.29, 0.717) is 6.61 Å². The number of carboxylic acid groups (broad SMARTS) is 1. The van der Waals surface area contributed by atoms with E-state index < -0.39 is 5.97 Å². The van der Waals surface area contributed by atoms with Crippen molar-refractivity contribution < 1.29 is 14.6 Å². The topological polar surface area (TPSA) is 59.4 Å². The van der Waals surface area contributed by atoms with Gasteiger partial charge in [-0.15, -0.1) is 11.3 Å². The lowest BCUT2D eigenvalue weighted by Crippen LogP contribution is -2.01. The molecule has 1 aromatic heterocycles. The van der Waals surface area contributed by atoms with Gasteiger partial charge < -0.3 is 9.84 Å². The van der Waals surface area contributed by atoms with E-state index >= 15 is 0 Å². The second kappa shape index (κ2) is 6.88. The van der Waals surface area contributed by atoms with Gasteiger partial charge >= 0.3 is 5.97 Å². The summed E-state index contributed by atoms with van der Waals surface area (Å²) in [5.41, 5.74) is 0.765. The normalized spacial score (nSPS) is 10.6. The first-order chi connectivity index (χ1) is 7.67. The number of thioether (sulfide) groups is 1. The van der Waals surface area contributed by atoms with E-state index in [9.17, 15) is 4.79 Å². The Hall–Kier alpha value is -0.590. The maximum absolute atomic E-state index is 10.7. The summed E-state index contributed by atoms with van der Waals surface area (Å²) in [6.45, 7) is 2.47. The minimum absolute atomic E-state index is 0.0349. The highest BCUT2D eigenvalue weighted by atomic mass is 32.2. The van der Waals surface area contributed by atoms with Crippen LogP contribution in [-0.4, -0.2) is 28.9 Å². The summed E-state index contributed by atoms with van der Waals surface area (Å²) in [6.07, 6.45) is 0.0349. The van der Waals surface area contributed by atoms with E-state index in [1.807, 2.05) is 0 Å². The largest absolute Gasteiger partial charge is 0.481 e. The van der Waals surface area contributed by atoms with Crippen molar-refractivity contribution in [3.05, 3.63) is 15.6 Å². The fourth-order valence-electron chi connectivity index (χ4n) is 1.21. The van der Waals surface area contributed by atoms with Crippen molar-refractivity contribution in [3.63, 3.8) is 0 Å². The molecule has 1 N–H and O–H groups in total. The van der Waals surface area contributed by atoms with Gasteiger partial charge in [0.15, 0.2) is 0 Å². The maximum atomic E-state index is 10.7. The van der Waals surface area contributed by atoms with E-state index in [4.69, 9.17) is 9.84 Å². The van der Waals surface area contributed by atoms with Crippen molar-refractivity contribution in [2.45, 2.75) is 25.7 Å². The molecule has 0 radical (unpaired) electrons. The Balaban J connectivity index is 2.77. The van der Waals surface area contributed by atoms with Crippen LogP contribution in [0.1, 0.15) is 22.5 Å². The predicted molar refractivity (Wildman–Crippen MR) is 66.0 cm³/mol. The van der Waals surface area contributed by atoms with Crippen molar-refractivity contribution in [1.29, 1.82) is 0 Å². The molecule has 0 fully saturated rings. The molecule has 0 unspecified atom stereocenters. The molecule has 1 aromatic rings. The zero-order valence-electron chi connectivity index (χ0n) is 9.36. The van der Waals surface area contributed by atoms with Crippen LogP contribution in [0.4, 0.5) is 0 Å². The molecule has 0 bridgehead atoms. The zero-order valence-corrected chi connectivity index (χ0v) is 11.0. The summed E-state index contributed by atoms with van der Waals surface area (Å²) in [7, 11) is 1.59. The molecule has 16 heavy (non-hydrogen) atoms. The van der Waals surface area contributed by atoms with Gasteiger partial charge in [0.25, 0.3) is 0 Å². The quantitative estimate of drug-likeness (QED) is 0.815. The van der Waals surface area contributed by atoms with Gasteiger partial charge in [-0.2, -0.15) is 11.8 Å². The first-order valence-corrected chi connectivity index (χ1v) is 6.90. The summed E-state index contributed by atoms with van der Waals surface area (Å²) < 4.78 is 5.01. The van der Waals surface area contributed by atoms with Crippen LogP contribution in [0, 0.1) is 0 Å². The number of aromatic nitrogens is 1. The number of thiazole rings is 1. The summed E-state index contributed by atoms with van der Waals surface area (Å²) in [5, 5.41) is 9.76. The number of carboxylic acids is 1. The molecule has 0 spiro atoms. The van der Waals surface area contributed by atoms with Gasteiger partial charge in [0.05, 0.1) is 18.7 Å². The first kappa shape index (κ1) is 13.5. The fraction of sp³-hybridized carbons (Fsp3) is 0.600. The molecule has 0 atom stereocenters. The minimum Gasteiger partial charge on any atom is -0.481 e. The molecule has 1 rings (SSSR count). The average molecular weight is 261 g/mol. The van der Waals surface area contributed by atoms with E-state index in [0.717, 1.165) is 27.1 Å². The molecule has 0 aliphatic rings. The van der Waals surface area contributed by atoms with E-state index in [2.05, 4.69) is 11.9 Å². The Morgan fingerprint density at radius 1 is 1.62 bits per heavy atom.